The molecule has 0 saturated carbocycles. The van der Waals surface area contributed by atoms with Crippen LogP contribution in [0.25, 0.3) is 0 Å². The SMILES string of the molecule is CN(C)C(=O)C(C)(C)NCc1cc(Br)cs1.Cl. The molecule has 0 unspecified atom stereocenters. The van der Waals surface area contributed by atoms with Crippen molar-refractivity contribution in [3.8, 4) is 0 Å². The van der Waals surface area contributed by atoms with Gasteiger partial charge in [0.2, 0.25) is 5.91 Å². The Morgan fingerprint density at radius 1 is 1.53 bits per heavy atom. The number of thiophene rings is 1. The van der Waals surface area contributed by atoms with Crippen LogP contribution in [0.1, 0.15) is 18.7 Å². The predicted molar refractivity (Wildman–Crippen MR) is 78.9 cm³/mol. The highest BCUT2D eigenvalue weighted by molar-refractivity contribution is 9.10. The molecule has 0 bridgehead atoms. The summed E-state index contributed by atoms with van der Waals surface area (Å²) in [7, 11) is 3.54. The molecule has 0 spiro atoms. The molecule has 1 aromatic heterocycles. The van der Waals surface area contributed by atoms with Gasteiger partial charge in [0.15, 0.2) is 0 Å². The Morgan fingerprint density at radius 2 is 2.12 bits per heavy atom. The summed E-state index contributed by atoms with van der Waals surface area (Å²) in [5.41, 5.74) is -0.528. The molecule has 0 aliphatic heterocycles. The highest BCUT2D eigenvalue weighted by Crippen LogP contribution is 2.20. The van der Waals surface area contributed by atoms with E-state index in [0.29, 0.717) is 6.54 Å². The third-order valence-corrected chi connectivity index (χ3v) is 3.96. The number of carbonyl (C=O) groups is 1. The Morgan fingerprint density at radius 3 is 2.53 bits per heavy atom. The minimum absolute atomic E-state index is 0. The quantitative estimate of drug-likeness (QED) is 0.913. The van der Waals surface area contributed by atoms with E-state index >= 15 is 0 Å². The molecule has 17 heavy (non-hydrogen) atoms. The molecule has 1 rings (SSSR count). The van der Waals surface area contributed by atoms with Gasteiger partial charge in [-0.05, 0) is 35.8 Å². The van der Waals surface area contributed by atoms with Gasteiger partial charge in [0.25, 0.3) is 0 Å². The maximum atomic E-state index is 11.8. The second kappa shape index (κ2) is 6.73. The van der Waals surface area contributed by atoms with Crippen LogP contribution in [0, 0.1) is 0 Å². The van der Waals surface area contributed by atoms with Crippen LogP contribution in [0.15, 0.2) is 15.9 Å². The van der Waals surface area contributed by atoms with E-state index in [1.54, 1.807) is 30.3 Å². The summed E-state index contributed by atoms with van der Waals surface area (Å²) in [6, 6.07) is 2.06. The summed E-state index contributed by atoms with van der Waals surface area (Å²) < 4.78 is 1.09. The molecule has 3 nitrogen and oxygen atoms in total. The van der Waals surface area contributed by atoms with Crippen LogP contribution in [-0.2, 0) is 11.3 Å². The van der Waals surface area contributed by atoms with E-state index in [0.717, 1.165) is 4.47 Å². The van der Waals surface area contributed by atoms with E-state index < -0.39 is 5.54 Å². The largest absolute Gasteiger partial charge is 0.347 e. The first kappa shape index (κ1) is 16.9. The zero-order chi connectivity index (χ0) is 12.3. The van der Waals surface area contributed by atoms with Crippen LogP contribution in [-0.4, -0.2) is 30.4 Å². The molecule has 1 N–H and O–H groups in total. The van der Waals surface area contributed by atoms with E-state index in [-0.39, 0.29) is 18.3 Å². The summed E-state index contributed by atoms with van der Waals surface area (Å²) in [6.07, 6.45) is 0. The maximum absolute atomic E-state index is 11.8. The highest BCUT2D eigenvalue weighted by atomic mass is 79.9. The first-order chi connectivity index (χ1) is 7.33. The molecular formula is C11H18BrClN2OS. The first-order valence-electron chi connectivity index (χ1n) is 5.02. The molecule has 1 amide bonds. The molecule has 0 atom stereocenters. The van der Waals surface area contributed by atoms with Crippen molar-refractivity contribution in [3.05, 3.63) is 20.8 Å². The van der Waals surface area contributed by atoms with Crippen molar-refractivity contribution in [2.45, 2.75) is 25.9 Å². The zero-order valence-electron chi connectivity index (χ0n) is 10.4. The smallest absolute Gasteiger partial charge is 0.241 e. The lowest BCUT2D eigenvalue weighted by Crippen LogP contribution is -2.51. The average molecular weight is 342 g/mol. The summed E-state index contributed by atoms with van der Waals surface area (Å²) >= 11 is 5.09. The van der Waals surface area contributed by atoms with Crippen LogP contribution in [0.3, 0.4) is 0 Å². The van der Waals surface area contributed by atoms with Crippen molar-refractivity contribution < 1.29 is 4.79 Å². The van der Waals surface area contributed by atoms with Crippen molar-refractivity contribution in [1.82, 2.24) is 10.2 Å². The Hall–Kier alpha value is -0.100. The molecule has 6 heteroatoms. The van der Waals surface area contributed by atoms with Gasteiger partial charge in [0.1, 0.15) is 0 Å². The normalized spacial score (nSPS) is 10.9. The van der Waals surface area contributed by atoms with E-state index in [4.69, 9.17) is 0 Å². The molecular weight excluding hydrogens is 324 g/mol. The van der Waals surface area contributed by atoms with Gasteiger partial charge in [-0.3, -0.25) is 10.1 Å². The van der Waals surface area contributed by atoms with E-state index in [9.17, 15) is 4.79 Å². The minimum Gasteiger partial charge on any atom is -0.347 e. The summed E-state index contributed by atoms with van der Waals surface area (Å²) in [6.45, 7) is 4.51. The third-order valence-electron chi connectivity index (χ3n) is 2.27. The van der Waals surface area contributed by atoms with Gasteiger partial charge in [-0.2, -0.15) is 0 Å². The second-order valence-corrected chi connectivity index (χ2v) is 6.32. The number of likely N-dealkylation sites (N-methyl/N-ethyl adjacent to an activating group) is 1. The molecule has 0 aliphatic rings. The van der Waals surface area contributed by atoms with Gasteiger partial charge in [-0.1, -0.05) is 0 Å². The number of amides is 1. The lowest BCUT2D eigenvalue weighted by Gasteiger charge is -2.28. The number of carbonyl (C=O) groups excluding carboxylic acids is 1. The number of hydrogen-bond donors (Lipinski definition) is 1. The van der Waals surface area contributed by atoms with E-state index in [2.05, 4.69) is 27.3 Å². The van der Waals surface area contributed by atoms with E-state index in [1.807, 2.05) is 19.2 Å². The van der Waals surface area contributed by atoms with Crippen LogP contribution >= 0.6 is 39.7 Å². The van der Waals surface area contributed by atoms with Crippen molar-refractivity contribution in [1.29, 1.82) is 0 Å². The number of hydrogen-bond acceptors (Lipinski definition) is 3. The van der Waals surface area contributed by atoms with Gasteiger partial charge in [0.05, 0.1) is 5.54 Å². The van der Waals surface area contributed by atoms with Crippen molar-refractivity contribution in [3.63, 3.8) is 0 Å². The fourth-order valence-corrected chi connectivity index (χ4v) is 2.78. The lowest BCUT2D eigenvalue weighted by atomic mass is 10.0. The number of halogens is 2. The number of nitrogens with zero attached hydrogens (tertiary/aromatic N) is 1. The highest BCUT2D eigenvalue weighted by Gasteiger charge is 2.28. The molecule has 0 saturated heterocycles. The Labute approximate surface area is 121 Å². The monoisotopic (exact) mass is 340 g/mol. The summed E-state index contributed by atoms with van der Waals surface area (Å²) in [5.74, 6) is 0.0862. The molecule has 0 fully saturated rings. The lowest BCUT2D eigenvalue weighted by molar-refractivity contribution is -0.134. The number of nitrogens with one attached hydrogen (secondary N) is 1. The first-order valence-corrected chi connectivity index (χ1v) is 6.70. The van der Waals surface area contributed by atoms with Gasteiger partial charge in [-0.15, -0.1) is 23.7 Å². The molecule has 0 radical (unpaired) electrons. The van der Waals surface area contributed by atoms with Gasteiger partial charge in [0, 0.05) is 35.4 Å². The van der Waals surface area contributed by atoms with Gasteiger partial charge in [-0.25, -0.2) is 0 Å². The molecule has 0 aliphatic carbocycles. The molecule has 98 valence electrons. The van der Waals surface area contributed by atoms with Crippen molar-refractivity contribution >= 4 is 45.6 Å². The summed E-state index contributed by atoms with van der Waals surface area (Å²) in [4.78, 5) is 14.7. The molecule has 1 aromatic rings. The van der Waals surface area contributed by atoms with Crippen molar-refractivity contribution in [2.24, 2.45) is 0 Å². The van der Waals surface area contributed by atoms with Gasteiger partial charge < -0.3 is 4.90 Å². The van der Waals surface area contributed by atoms with Crippen LogP contribution in [0.2, 0.25) is 0 Å². The molecule has 0 aromatic carbocycles. The second-order valence-electron chi connectivity index (χ2n) is 4.41. The fraction of sp³-hybridized carbons (Fsp3) is 0.545. The Bertz CT molecular complexity index is 379. The van der Waals surface area contributed by atoms with E-state index in [1.165, 1.54) is 4.88 Å². The fourth-order valence-electron chi connectivity index (χ4n) is 1.39. The van der Waals surface area contributed by atoms with Gasteiger partial charge >= 0.3 is 0 Å². The predicted octanol–water partition coefficient (Wildman–Crippen LogP) is 2.89. The zero-order valence-corrected chi connectivity index (χ0v) is 13.6. The third kappa shape index (κ3) is 4.95. The topological polar surface area (TPSA) is 32.3 Å². The minimum atomic E-state index is -0.528. The van der Waals surface area contributed by atoms with Crippen LogP contribution < -0.4 is 5.32 Å². The molecule has 1 heterocycles. The van der Waals surface area contributed by atoms with Crippen LogP contribution in [0.5, 0.6) is 0 Å². The average Bonchev–Trinajstić information content (AvgIpc) is 2.60. The van der Waals surface area contributed by atoms with Crippen LogP contribution in [0.4, 0.5) is 0 Å². The Kier molecular flexibility index (Phi) is 6.69. The summed E-state index contributed by atoms with van der Waals surface area (Å²) in [5, 5.41) is 5.31. The Balaban J connectivity index is 0.00000256. The van der Waals surface area contributed by atoms with Crippen molar-refractivity contribution in [2.75, 3.05) is 14.1 Å². The standard InChI is InChI=1S/C11H17BrN2OS.ClH/c1-11(2,10(15)14(3)4)13-6-9-5-8(12)7-16-9;/h5,7,13H,6H2,1-4H3;1H. The maximum Gasteiger partial charge on any atom is 0.241 e. The number of rotatable bonds is 4.